The van der Waals surface area contributed by atoms with Crippen molar-refractivity contribution in [3.63, 3.8) is 0 Å². The van der Waals surface area contributed by atoms with Gasteiger partial charge in [0.2, 0.25) is 0 Å². The molecule has 2 heterocycles. The lowest BCUT2D eigenvalue weighted by Crippen LogP contribution is -2.34. The van der Waals surface area contributed by atoms with Gasteiger partial charge >= 0.3 is 0 Å². The van der Waals surface area contributed by atoms with Gasteiger partial charge in [-0.3, -0.25) is 29.0 Å². The van der Waals surface area contributed by atoms with E-state index in [1.54, 1.807) is 48.5 Å². The highest BCUT2D eigenvalue weighted by molar-refractivity contribution is 6.31. The van der Waals surface area contributed by atoms with E-state index in [0.29, 0.717) is 59.0 Å². The summed E-state index contributed by atoms with van der Waals surface area (Å²) < 4.78 is 0. The summed E-state index contributed by atoms with van der Waals surface area (Å²) in [5.41, 5.74) is 1.49. The molecule has 0 aromatic heterocycles. The van der Waals surface area contributed by atoms with Crippen molar-refractivity contribution in [1.82, 2.24) is 14.7 Å². The number of hydrogen-bond acceptors (Lipinski definition) is 7. The Morgan fingerprint density at radius 3 is 1.33 bits per heavy atom. The Balaban J connectivity index is 0.917. The van der Waals surface area contributed by atoms with Gasteiger partial charge in [0.15, 0.2) is 0 Å². The second-order valence-corrected chi connectivity index (χ2v) is 12.6. The van der Waals surface area contributed by atoms with E-state index < -0.39 is 0 Å². The Bertz CT molecular complexity index is 2230. The molecule has 0 unspecified atom stereocenters. The van der Waals surface area contributed by atoms with Crippen molar-refractivity contribution in [2.75, 3.05) is 33.2 Å². The number of hydrogen-bond donors (Lipinski definition) is 2. The Morgan fingerprint density at radius 1 is 0.521 bits per heavy atom. The Morgan fingerprint density at radius 2 is 0.896 bits per heavy atom. The highest BCUT2D eigenvalue weighted by Crippen LogP contribution is 2.38. The fourth-order valence-electron chi connectivity index (χ4n) is 7.33. The van der Waals surface area contributed by atoms with Gasteiger partial charge in [-0.15, -0.1) is 0 Å². The van der Waals surface area contributed by atoms with Crippen LogP contribution in [0.5, 0.6) is 11.5 Å². The van der Waals surface area contributed by atoms with Crippen LogP contribution in [0, 0.1) is 0 Å². The lowest BCUT2D eigenvalue weighted by molar-refractivity contribution is 0.0640. The average molecular weight is 638 g/mol. The van der Waals surface area contributed by atoms with Gasteiger partial charge in [-0.05, 0) is 102 Å². The summed E-state index contributed by atoms with van der Waals surface area (Å²) in [4.78, 5) is 58.6. The van der Waals surface area contributed by atoms with Crippen molar-refractivity contribution in [2.24, 2.45) is 0 Å². The molecule has 0 atom stereocenters. The van der Waals surface area contributed by atoms with Crippen molar-refractivity contribution in [3.8, 4) is 11.5 Å². The van der Waals surface area contributed by atoms with E-state index in [1.807, 2.05) is 43.4 Å². The molecule has 0 saturated heterocycles. The SMILES string of the molecule is CN(CCCN1C(=O)c2ccc3ccc4ccc(O)cc4c3c2C1=O)CCCN1C(=O)c2ccc3ccc4ccc(O)cc4c3c2C1=O. The standard InChI is InChI=1S/C39H31N3O6/c1-40(16-2-18-41-36(45)28-14-10-24-6-4-22-8-12-26(43)20-30(22)32(24)34(28)38(41)47)17-3-19-42-37(46)29-15-11-25-7-5-23-9-13-27(44)21-31(23)33(25)35(29)39(42)48/h4-15,20-21,43-44H,2-3,16-19H2,1H3. The number of aromatic hydroxyl groups is 2. The number of imide groups is 2. The quantitative estimate of drug-likeness (QED) is 0.148. The molecule has 4 amide bonds. The zero-order chi connectivity index (χ0) is 33.3. The first-order valence-corrected chi connectivity index (χ1v) is 16.0. The summed E-state index contributed by atoms with van der Waals surface area (Å²) in [6.45, 7) is 1.72. The van der Waals surface area contributed by atoms with E-state index in [0.717, 1.165) is 32.3 Å². The lowest BCUT2D eigenvalue weighted by atomic mass is 9.95. The number of carbonyl (C=O) groups is 4. The predicted molar refractivity (Wildman–Crippen MR) is 184 cm³/mol. The third-order valence-electron chi connectivity index (χ3n) is 9.68. The maximum atomic E-state index is 13.6. The first-order valence-electron chi connectivity index (χ1n) is 16.0. The highest BCUT2D eigenvalue weighted by atomic mass is 16.3. The molecular weight excluding hydrogens is 606 g/mol. The van der Waals surface area contributed by atoms with E-state index in [-0.39, 0.29) is 48.2 Å². The van der Waals surface area contributed by atoms with Crippen LogP contribution >= 0.6 is 0 Å². The number of benzene rings is 6. The summed E-state index contributed by atoms with van der Waals surface area (Å²) in [5.74, 6) is -1.12. The van der Waals surface area contributed by atoms with E-state index in [9.17, 15) is 29.4 Å². The Hall–Kier alpha value is -5.80. The van der Waals surface area contributed by atoms with Crippen molar-refractivity contribution < 1.29 is 29.4 Å². The number of rotatable bonds is 8. The van der Waals surface area contributed by atoms with Crippen molar-refractivity contribution in [1.29, 1.82) is 0 Å². The molecule has 8 rings (SSSR count). The summed E-state index contributed by atoms with van der Waals surface area (Å²) in [6, 6.07) is 24.8. The highest BCUT2D eigenvalue weighted by Gasteiger charge is 2.38. The van der Waals surface area contributed by atoms with Gasteiger partial charge in [0, 0.05) is 23.9 Å². The summed E-state index contributed by atoms with van der Waals surface area (Å²) in [7, 11) is 1.93. The molecule has 2 aliphatic heterocycles. The molecule has 2 aliphatic rings. The molecule has 9 nitrogen and oxygen atoms in total. The molecule has 6 aromatic carbocycles. The Kier molecular flexibility index (Phi) is 6.89. The fourth-order valence-corrected chi connectivity index (χ4v) is 7.33. The van der Waals surface area contributed by atoms with Gasteiger partial charge in [-0.25, -0.2) is 0 Å². The van der Waals surface area contributed by atoms with Crippen LogP contribution < -0.4 is 0 Å². The van der Waals surface area contributed by atoms with Crippen LogP contribution in [0.1, 0.15) is 54.3 Å². The van der Waals surface area contributed by atoms with Gasteiger partial charge in [0.05, 0.1) is 22.3 Å². The molecule has 2 N–H and O–H groups in total. The molecule has 48 heavy (non-hydrogen) atoms. The number of fused-ring (bicyclic) bond motifs is 10. The van der Waals surface area contributed by atoms with Crippen molar-refractivity contribution >= 4 is 66.7 Å². The number of phenolic OH excluding ortho intramolecular Hbond substituents is 2. The van der Waals surface area contributed by atoms with Crippen LogP contribution in [0.2, 0.25) is 0 Å². The third kappa shape index (κ3) is 4.57. The van der Waals surface area contributed by atoms with Gasteiger partial charge in [-0.2, -0.15) is 0 Å². The fraction of sp³-hybridized carbons (Fsp3) is 0.179. The molecule has 0 aliphatic carbocycles. The van der Waals surface area contributed by atoms with Crippen LogP contribution in [0.4, 0.5) is 0 Å². The van der Waals surface area contributed by atoms with Crippen LogP contribution in [-0.4, -0.2) is 81.8 Å². The van der Waals surface area contributed by atoms with Gasteiger partial charge < -0.3 is 15.1 Å². The zero-order valence-electron chi connectivity index (χ0n) is 26.2. The molecule has 0 radical (unpaired) electrons. The van der Waals surface area contributed by atoms with E-state index >= 15 is 0 Å². The monoisotopic (exact) mass is 637 g/mol. The smallest absolute Gasteiger partial charge is 0.262 e. The Labute approximate surface area is 275 Å². The molecule has 238 valence electrons. The van der Waals surface area contributed by atoms with Gasteiger partial charge in [-0.1, -0.05) is 48.5 Å². The normalized spacial score (nSPS) is 14.5. The van der Waals surface area contributed by atoms with Crippen molar-refractivity contribution in [2.45, 2.75) is 12.8 Å². The number of carbonyl (C=O) groups excluding carboxylic acids is 4. The molecule has 6 aromatic rings. The third-order valence-corrected chi connectivity index (χ3v) is 9.68. The largest absolute Gasteiger partial charge is 0.508 e. The first kappa shape index (κ1) is 29.6. The zero-order valence-corrected chi connectivity index (χ0v) is 26.2. The number of phenols is 2. The first-order chi connectivity index (χ1) is 23.2. The summed E-state index contributed by atoms with van der Waals surface area (Å²) >= 11 is 0. The van der Waals surface area contributed by atoms with Gasteiger partial charge in [0.25, 0.3) is 23.6 Å². The molecular formula is C39H31N3O6. The summed E-state index contributed by atoms with van der Waals surface area (Å²) in [6.07, 6.45) is 1.11. The minimum atomic E-state index is -0.333. The van der Waals surface area contributed by atoms with E-state index in [2.05, 4.69) is 4.90 Å². The molecule has 9 heteroatoms. The summed E-state index contributed by atoms with van der Waals surface area (Å²) in [5, 5.41) is 26.5. The van der Waals surface area contributed by atoms with E-state index in [1.165, 1.54) is 9.80 Å². The van der Waals surface area contributed by atoms with Crippen LogP contribution in [-0.2, 0) is 0 Å². The van der Waals surface area contributed by atoms with Gasteiger partial charge in [0.1, 0.15) is 11.5 Å². The number of amides is 4. The van der Waals surface area contributed by atoms with Crippen LogP contribution in [0.3, 0.4) is 0 Å². The van der Waals surface area contributed by atoms with Crippen LogP contribution in [0.15, 0.2) is 84.9 Å². The van der Waals surface area contributed by atoms with E-state index in [4.69, 9.17) is 0 Å². The molecule has 0 saturated carbocycles. The minimum absolute atomic E-state index is 0.0931. The maximum absolute atomic E-state index is 13.6. The van der Waals surface area contributed by atoms with Crippen molar-refractivity contribution in [3.05, 3.63) is 107 Å². The predicted octanol–water partition coefficient (Wildman–Crippen LogP) is 6.31. The molecule has 0 bridgehead atoms. The maximum Gasteiger partial charge on any atom is 0.262 e. The second kappa shape index (κ2) is 11.2. The lowest BCUT2D eigenvalue weighted by Gasteiger charge is -2.20. The van der Waals surface area contributed by atoms with Crippen LogP contribution in [0.25, 0.3) is 43.1 Å². The average Bonchev–Trinajstić information content (AvgIpc) is 3.47. The number of nitrogens with zero attached hydrogens (tertiary/aromatic N) is 3. The molecule has 0 fully saturated rings. The minimum Gasteiger partial charge on any atom is -0.508 e. The second-order valence-electron chi connectivity index (χ2n) is 12.6. The topological polar surface area (TPSA) is 118 Å². The molecule has 0 spiro atoms.